The molecule has 0 heteroatoms. The maximum absolute atomic E-state index is 2.27. The molecule has 4 rings (SSSR count). The molecule has 0 bridgehead atoms. The zero-order chi connectivity index (χ0) is 14.8. The van der Waals surface area contributed by atoms with Crippen LogP contribution >= 0.6 is 0 Å². The normalized spacial score (nSPS) is 11.5. The first-order valence-electron chi connectivity index (χ1n) is 7.54. The fourth-order valence-electron chi connectivity index (χ4n) is 2.82. The Kier molecular flexibility index (Phi) is 3.21. The van der Waals surface area contributed by atoms with E-state index in [2.05, 4.69) is 91.0 Å². The molecule has 0 unspecified atom stereocenters. The summed E-state index contributed by atoms with van der Waals surface area (Å²) < 4.78 is 0. The van der Waals surface area contributed by atoms with Crippen molar-refractivity contribution in [3.05, 3.63) is 96.1 Å². The van der Waals surface area contributed by atoms with Crippen molar-refractivity contribution >= 4 is 33.7 Å². The summed E-state index contributed by atoms with van der Waals surface area (Å²) in [6, 6.07) is 30.1. The van der Waals surface area contributed by atoms with Crippen LogP contribution in [0.15, 0.2) is 84.9 Å². The standard InChI is InChI=1S/C22H16/c1-2-6-17(7-3-1)10-11-18-12-13-21-15-19-8-4-5-9-20(19)16-22(21)14-18/h1-16H/b11-10-. The summed E-state index contributed by atoms with van der Waals surface area (Å²) in [6.45, 7) is 0. The minimum Gasteiger partial charge on any atom is -0.0622 e. The second-order valence-electron chi connectivity index (χ2n) is 5.55. The molecule has 104 valence electrons. The number of fused-ring (bicyclic) bond motifs is 2. The van der Waals surface area contributed by atoms with Crippen molar-refractivity contribution < 1.29 is 0 Å². The Morgan fingerprint density at radius 3 is 1.77 bits per heavy atom. The smallest absolute Gasteiger partial charge is 0.0172 e. The van der Waals surface area contributed by atoms with E-state index >= 15 is 0 Å². The molecule has 0 atom stereocenters. The molecule has 4 aromatic carbocycles. The molecule has 4 aromatic rings. The molecule has 0 radical (unpaired) electrons. The van der Waals surface area contributed by atoms with Crippen LogP contribution < -0.4 is 0 Å². The third kappa shape index (κ3) is 2.51. The highest BCUT2D eigenvalue weighted by atomic mass is 14.0. The Hall–Kier alpha value is -2.86. The Labute approximate surface area is 130 Å². The van der Waals surface area contributed by atoms with Gasteiger partial charge in [0, 0.05) is 0 Å². The quantitative estimate of drug-likeness (QED) is 0.304. The largest absolute Gasteiger partial charge is 0.0622 e. The summed E-state index contributed by atoms with van der Waals surface area (Å²) in [7, 11) is 0. The van der Waals surface area contributed by atoms with Crippen LogP contribution in [0.25, 0.3) is 33.7 Å². The van der Waals surface area contributed by atoms with Gasteiger partial charge in [0.05, 0.1) is 0 Å². The summed E-state index contributed by atoms with van der Waals surface area (Å²) in [4.78, 5) is 0. The van der Waals surface area contributed by atoms with Crippen LogP contribution in [0.4, 0.5) is 0 Å². The second-order valence-corrected chi connectivity index (χ2v) is 5.55. The zero-order valence-corrected chi connectivity index (χ0v) is 12.2. The van der Waals surface area contributed by atoms with Crippen LogP contribution in [-0.4, -0.2) is 0 Å². The van der Waals surface area contributed by atoms with E-state index in [1.807, 2.05) is 6.07 Å². The van der Waals surface area contributed by atoms with Crippen molar-refractivity contribution in [3.63, 3.8) is 0 Å². The highest BCUT2D eigenvalue weighted by Crippen LogP contribution is 2.24. The fraction of sp³-hybridized carbons (Fsp3) is 0. The number of benzene rings is 4. The molecule has 0 saturated heterocycles. The minimum atomic E-state index is 1.22. The summed E-state index contributed by atoms with van der Waals surface area (Å²) in [5.74, 6) is 0. The van der Waals surface area contributed by atoms with E-state index in [-0.39, 0.29) is 0 Å². The average Bonchev–Trinajstić information content (AvgIpc) is 2.59. The lowest BCUT2D eigenvalue weighted by atomic mass is 10.0. The van der Waals surface area contributed by atoms with Crippen LogP contribution in [0, 0.1) is 0 Å². The van der Waals surface area contributed by atoms with Crippen molar-refractivity contribution in [1.29, 1.82) is 0 Å². The molecule has 0 spiro atoms. The van der Waals surface area contributed by atoms with Crippen molar-refractivity contribution in [1.82, 2.24) is 0 Å². The maximum Gasteiger partial charge on any atom is -0.0172 e. The third-order valence-electron chi connectivity index (χ3n) is 4.00. The van der Waals surface area contributed by atoms with Gasteiger partial charge in [-0.3, -0.25) is 0 Å². The molecule has 0 aliphatic rings. The van der Waals surface area contributed by atoms with Gasteiger partial charge in [-0.2, -0.15) is 0 Å². The third-order valence-corrected chi connectivity index (χ3v) is 4.00. The Bertz CT molecular complexity index is 963. The molecule has 0 fully saturated rings. The van der Waals surface area contributed by atoms with Crippen molar-refractivity contribution in [2.45, 2.75) is 0 Å². The first kappa shape index (κ1) is 12.8. The first-order chi connectivity index (χ1) is 10.9. The Balaban J connectivity index is 1.76. The van der Waals surface area contributed by atoms with Crippen LogP contribution in [0.2, 0.25) is 0 Å². The van der Waals surface area contributed by atoms with Crippen LogP contribution in [0.3, 0.4) is 0 Å². The molecule has 0 amide bonds. The Morgan fingerprint density at radius 1 is 0.409 bits per heavy atom. The zero-order valence-electron chi connectivity index (χ0n) is 12.2. The predicted octanol–water partition coefficient (Wildman–Crippen LogP) is 6.16. The van der Waals surface area contributed by atoms with E-state index in [1.54, 1.807) is 0 Å². The fourth-order valence-corrected chi connectivity index (χ4v) is 2.82. The second kappa shape index (κ2) is 5.50. The van der Waals surface area contributed by atoms with Gasteiger partial charge in [0.15, 0.2) is 0 Å². The highest BCUT2D eigenvalue weighted by Gasteiger charge is 1.98. The van der Waals surface area contributed by atoms with Crippen molar-refractivity contribution in [2.75, 3.05) is 0 Å². The van der Waals surface area contributed by atoms with E-state index in [0.29, 0.717) is 0 Å². The van der Waals surface area contributed by atoms with E-state index in [0.717, 1.165) is 0 Å². The van der Waals surface area contributed by atoms with E-state index in [9.17, 15) is 0 Å². The van der Waals surface area contributed by atoms with E-state index in [1.165, 1.54) is 32.7 Å². The lowest BCUT2D eigenvalue weighted by Gasteiger charge is -2.03. The van der Waals surface area contributed by atoms with Gasteiger partial charge in [-0.05, 0) is 50.9 Å². The van der Waals surface area contributed by atoms with Crippen LogP contribution in [-0.2, 0) is 0 Å². The van der Waals surface area contributed by atoms with Crippen LogP contribution in [0.5, 0.6) is 0 Å². The van der Waals surface area contributed by atoms with Crippen molar-refractivity contribution in [3.8, 4) is 0 Å². The van der Waals surface area contributed by atoms with E-state index < -0.39 is 0 Å². The molecular formula is C22H16. The number of rotatable bonds is 2. The van der Waals surface area contributed by atoms with Crippen LogP contribution in [0.1, 0.15) is 11.1 Å². The minimum absolute atomic E-state index is 1.22. The lowest BCUT2D eigenvalue weighted by Crippen LogP contribution is -1.78. The molecule has 0 saturated carbocycles. The predicted molar refractivity (Wildman–Crippen MR) is 96.8 cm³/mol. The number of hydrogen-bond donors (Lipinski definition) is 0. The van der Waals surface area contributed by atoms with Gasteiger partial charge in [0.2, 0.25) is 0 Å². The summed E-state index contributed by atoms with van der Waals surface area (Å²) in [5, 5.41) is 5.16. The molecule has 22 heavy (non-hydrogen) atoms. The molecular weight excluding hydrogens is 264 g/mol. The molecule has 0 aromatic heterocycles. The lowest BCUT2D eigenvalue weighted by molar-refractivity contribution is 1.66. The van der Waals surface area contributed by atoms with E-state index in [4.69, 9.17) is 0 Å². The highest BCUT2D eigenvalue weighted by molar-refractivity contribution is 5.99. The topological polar surface area (TPSA) is 0 Å². The monoisotopic (exact) mass is 280 g/mol. The van der Waals surface area contributed by atoms with Gasteiger partial charge >= 0.3 is 0 Å². The van der Waals surface area contributed by atoms with Gasteiger partial charge in [-0.15, -0.1) is 0 Å². The summed E-state index contributed by atoms with van der Waals surface area (Å²) >= 11 is 0. The summed E-state index contributed by atoms with van der Waals surface area (Å²) in [5.41, 5.74) is 2.45. The molecule has 0 aliphatic heterocycles. The Morgan fingerprint density at radius 2 is 1.00 bits per heavy atom. The SMILES string of the molecule is C(=C/c1ccc2cc3ccccc3cc2c1)/c1ccccc1. The average molecular weight is 280 g/mol. The molecule has 0 aliphatic carbocycles. The van der Waals surface area contributed by atoms with Gasteiger partial charge < -0.3 is 0 Å². The molecule has 0 heterocycles. The first-order valence-corrected chi connectivity index (χ1v) is 7.54. The number of hydrogen-bond acceptors (Lipinski definition) is 0. The molecule has 0 nitrogen and oxygen atoms in total. The van der Waals surface area contributed by atoms with Gasteiger partial charge in [-0.1, -0.05) is 78.9 Å². The molecule has 0 N–H and O–H groups in total. The van der Waals surface area contributed by atoms with Crippen molar-refractivity contribution in [2.24, 2.45) is 0 Å². The van der Waals surface area contributed by atoms with Gasteiger partial charge in [0.1, 0.15) is 0 Å². The van der Waals surface area contributed by atoms with Gasteiger partial charge in [0.25, 0.3) is 0 Å². The maximum atomic E-state index is 2.27. The van der Waals surface area contributed by atoms with Gasteiger partial charge in [-0.25, -0.2) is 0 Å². The summed E-state index contributed by atoms with van der Waals surface area (Å²) in [6.07, 6.45) is 4.33.